The number of benzene rings is 1. The van der Waals surface area contributed by atoms with Crippen LogP contribution in [0.25, 0.3) is 0 Å². The predicted molar refractivity (Wildman–Crippen MR) is 92.7 cm³/mol. The second-order valence-electron chi connectivity index (χ2n) is 6.08. The molecule has 1 aromatic carbocycles. The lowest BCUT2D eigenvalue weighted by atomic mass is 9.98. The molecule has 1 aromatic heterocycles. The number of thiophene rings is 1. The number of hydrogen-bond acceptors (Lipinski definition) is 3. The second-order valence-corrected chi connectivity index (χ2v) is 7.03. The molecular formula is C18H20N2O2S. The lowest BCUT2D eigenvalue weighted by Gasteiger charge is -2.30. The van der Waals surface area contributed by atoms with E-state index < -0.39 is 0 Å². The summed E-state index contributed by atoms with van der Waals surface area (Å²) in [7, 11) is 0. The topological polar surface area (TPSA) is 49.4 Å². The van der Waals surface area contributed by atoms with E-state index in [9.17, 15) is 9.59 Å². The monoisotopic (exact) mass is 328 g/mol. The Morgan fingerprint density at radius 1 is 1.22 bits per heavy atom. The number of nitrogens with zero attached hydrogens (tertiary/aromatic N) is 1. The molecule has 23 heavy (non-hydrogen) atoms. The van der Waals surface area contributed by atoms with Gasteiger partial charge in [0, 0.05) is 24.7 Å². The van der Waals surface area contributed by atoms with Gasteiger partial charge in [0.25, 0.3) is 5.91 Å². The van der Waals surface area contributed by atoms with Crippen molar-refractivity contribution < 1.29 is 9.59 Å². The number of rotatable bonds is 3. The standard InChI is InChI=1S/C18H20N2O2S/c1-12(2)18(22)20-8-7-13-5-6-15(10-14(13)11-20)19-17(21)16-4-3-9-23-16/h3-6,9-10,12H,7-8,11H2,1-2H3,(H,19,21). The first-order valence-corrected chi connectivity index (χ1v) is 8.68. The van der Waals surface area contributed by atoms with E-state index in [4.69, 9.17) is 0 Å². The fourth-order valence-corrected chi connectivity index (χ4v) is 3.41. The van der Waals surface area contributed by atoms with Crippen LogP contribution in [0, 0.1) is 5.92 Å². The van der Waals surface area contributed by atoms with Crippen LogP contribution in [0.3, 0.4) is 0 Å². The Balaban J connectivity index is 1.75. The molecule has 0 aliphatic carbocycles. The molecule has 4 nitrogen and oxygen atoms in total. The summed E-state index contributed by atoms with van der Waals surface area (Å²) in [6.45, 7) is 5.24. The molecular weight excluding hydrogens is 308 g/mol. The summed E-state index contributed by atoms with van der Waals surface area (Å²) >= 11 is 1.42. The van der Waals surface area contributed by atoms with Crippen molar-refractivity contribution >= 4 is 28.8 Å². The van der Waals surface area contributed by atoms with Gasteiger partial charge in [0.15, 0.2) is 0 Å². The zero-order valence-electron chi connectivity index (χ0n) is 13.3. The zero-order valence-corrected chi connectivity index (χ0v) is 14.2. The van der Waals surface area contributed by atoms with Gasteiger partial charge in [-0.25, -0.2) is 0 Å². The first-order valence-electron chi connectivity index (χ1n) is 7.80. The summed E-state index contributed by atoms with van der Waals surface area (Å²) < 4.78 is 0. The minimum absolute atomic E-state index is 0.0123. The van der Waals surface area contributed by atoms with E-state index in [1.54, 1.807) is 6.07 Å². The SMILES string of the molecule is CC(C)C(=O)N1CCc2ccc(NC(=O)c3cccs3)cc2C1. The predicted octanol–water partition coefficient (Wildman–Crippen LogP) is 3.54. The molecule has 2 heterocycles. The van der Waals surface area contributed by atoms with Gasteiger partial charge >= 0.3 is 0 Å². The third kappa shape index (κ3) is 3.45. The summed E-state index contributed by atoms with van der Waals surface area (Å²) in [4.78, 5) is 26.9. The van der Waals surface area contributed by atoms with Crippen LogP contribution in [-0.2, 0) is 17.8 Å². The maximum absolute atomic E-state index is 12.2. The molecule has 0 bridgehead atoms. The normalized spacial score (nSPS) is 13.8. The van der Waals surface area contributed by atoms with E-state index in [-0.39, 0.29) is 17.7 Å². The Hall–Kier alpha value is -2.14. The quantitative estimate of drug-likeness (QED) is 0.937. The highest BCUT2D eigenvalue weighted by molar-refractivity contribution is 7.12. The van der Waals surface area contributed by atoms with Gasteiger partial charge in [0.2, 0.25) is 5.91 Å². The largest absolute Gasteiger partial charge is 0.338 e. The molecule has 2 amide bonds. The number of hydrogen-bond donors (Lipinski definition) is 1. The zero-order chi connectivity index (χ0) is 16.4. The Kier molecular flexibility index (Phi) is 4.48. The first kappa shape index (κ1) is 15.7. The van der Waals surface area contributed by atoms with Crippen LogP contribution in [-0.4, -0.2) is 23.3 Å². The molecule has 1 aliphatic heterocycles. The van der Waals surface area contributed by atoms with Crippen LogP contribution in [0.15, 0.2) is 35.7 Å². The number of nitrogens with one attached hydrogen (secondary N) is 1. The number of fused-ring (bicyclic) bond motifs is 1. The Morgan fingerprint density at radius 2 is 2.04 bits per heavy atom. The van der Waals surface area contributed by atoms with Crippen molar-refractivity contribution in [1.29, 1.82) is 0 Å². The lowest BCUT2D eigenvalue weighted by molar-refractivity contribution is -0.135. The molecule has 2 aromatic rings. The number of carbonyl (C=O) groups excluding carboxylic acids is 2. The first-order chi connectivity index (χ1) is 11.0. The van der Waals surface area contributed by atoms with Crippen LogP contribution in [0.2, 0.25) is 0 Å². The molecule has 1 aliphatic rings. The van der Waals surface area contributed by atoms with E-state index in [0.717, 1.165) is 24.2 Å². The van der Waals surface area contributed by atoms with Crippen LogP contribution in [0.5, 0.6) is 0 Å². The number of anilines is 1. The summed E-state index contributed by atoms with van der Waals surface area (Å²) in [6.07, 6.45) is 0.868. The molecule has 0 spiro atoms. The van der Waals surface area contributed by atoms with Gasteiger partial charge in [-0.1, -0.05) is 26.0 Å². The smallest absolute Gasteiger partial charge is 0.265 e. The third-order valence-corrected chi connectivity index (χ3v) is 4.90. The van der Waals surface area contributed by atoms with Crippen molar-refractivity contribution in [3.8, 4) is 0 Å². The average molecular weight is 328 g/mol. The lowest BCUT2D eigenvalue weighted by Crippen LogP contribution is -2.38. The maximum Gasteiger partial charge on any atom is 0.265 e. The molecule has 0 saturated heterocycles. The van der Waals surface area contributed by atoms with E-state index >= 15 is 0 Å². The van der Waals surface area contributed by atoms with Crippen molar-refractivity contribution in [3.05, 3.63) is 51.7 Å². The van der Waals surface area contributed by atoms with Gasteiger partial charge in [0.05, 0.1) is 4.88 Å². The summed E-state index contributed by atoms with van der Waals surface area (Å²) in [5.74, 6) is 0.104. The molecule has 0 radical (unpaired) electrons. The Morgan fingerprint density at radius 3 is 2.74 bits per heavy atom. The van der Waals surface area contributed by atoms with Gasteiger partial charge in [-0.05, 0) is 41.1 Å². The highest BCUT2D eigenvalue weighted by Gasteiger charge is 2.22. The molecule has 120 valence electrons. The second kappa shape index (κ2) is 6.54. The highest BCUT2D eigenvalue weighted by atomic mass is 32.1. The van der Waals surface area contributed by atoms with E-state index in [1.165, 1.54) is 16.9 Å². The molecule has 1 N–H and O–H groups in total. The van der Waals surface area contributed by atoms with Crippen molar-refractivity contribution in [3.63, 3.8) is 0 Å². The van der Waals surface area contributed by atoms with Gasteiger partial charge in [-0.15, -0.1) is 11.3 Å². The minimum atomic E-state index is -0.0918. The van der Waals surface area contributed by atoms with Crippen molar-refractivity contribution in [2.24, 2.45) is 5.92 Å². The van der Waals surface area contributed by atoms with Crippen LogP contribution in [0.4, 0.5) is 5.69 Å². The molecule has 5 heteroatoms. The van der Waals surface area contributed by atoms with E-state index in [2.05, 4.69) is 11.4 Å². The Labute approximate surface area is 140 Å². The van der Waals surface area contributed by atoms with Crippen LogP contribution >= 0.6 is 11.3 Å². The molecule has 0 fully saturated rings. The van der Waals surface area contributed by atoms with Crippen LogP contribution < -0.4 is 5.32 Å². The average Bonchev–Trinajstić information content (AvgIpc) is 3.08. The fourth-order valence-electron chi connectivity index (χ4n) is 2.79. The van der Waals surface area contributed by atoms with Crippen molar-refractivity contribution in [2.45, 2.75) is 26.8 Å². The van der Waals surface area contributed by atoms with Crippen molar-refractivity contribution in [1.82, 2.24) is 4.90 Å². The van der Waals surface area contributed by atoms with Crippen LogP contribution in [0.1, 0.15) is 34.6 Å². The number of carbonyl (C=O) groups is 2. The van der Waals surface area contributed by atoms with E-state index in [0.29, 0.717) is 11.4 Å². The van der Waals surface area contributed by atoms with Gasteiger partial charge in [-0.2, -0.15) is 0 Å². The highest BCUT2D eigenvalue weighted by Crippen LogP contribution is 2.24. The van der Waals surface area contributed by atoms with Gasteiger partial charge < -0.3 is 10.2 Å². The third-order valence-electron chi connectivity index (χ3n) is 4.03. The summed E-state index contributed by atoms with van der Waals surface area (Å²) in [5.41, 5.74) is 3.15. The van der Waals surface area contributed by atoms with Gasteiger partial charge in [-0.3, -0.25) is 9.59 Å². The maximum atomic E-state index is 12.2. The molecule has 0 saturated carbocycles. The summed E-state index contributed by atoms with van der Waals surface area (Å²) in [5, 5.41) is 4.82. The molecule has 0 unspecified atom stereocenters. The Bertz CT molecular complexity index is 723. The number of amides is 2. The van der Waals surface area contributed by atoms with Gasteiger partial charge in [0.1, 0.15) is 0 Å². The molecule has 3 rings (SSSR count). The van der Waals surface area contributed by atoms with Crippen molar-refractivity contribution in [2.75, 3.05) is 11.9 Å². The van der Waals surface area contributed by atoms with E-state index in [1.807, 2.05) is 42.3 Å². The minimum Gasteiger partial charge on any atom is -0.338 e. The summed E-state index contributed by atoms with van der Waals surface area (Å²) in [6, 6.07) is 9.64. The fraction of sp³-hybridized carbons (Fsp3) is 0.333. The molecule has 0 atom stereocenters.